The maximum absolute atomic E-state index is 2.30. The normalized spacial score (nSPS) is 21.2. The quantitative estimate of drug-likeness (QED) is 0.667. The van der Waals surface area contributed by atoms with Gasteiger partial charge in [0.25, 0.3) is 0 Å². The lowest BCUT2D eigenvalue weighted by Gasteiger charge is -2.20. The molecule has 64 valence electrons. The molecule has 0 aromatic heterocycles. The van der Waals surface area contributed by atoms with Crippen LogP contribution in [-0.2, 0) is 0 Å². The van der Waals surface area contributed by atoms with E-state index in [0.717, 1.165) is 5.92 Å². The van der Waals surface area contributed by atoms with E-state index in [9.17, 15) is 0 Å². The van der Waals surface area contributed by atoms with Crippen molar-refractivity contribution in [1.82, 2.24) is 0 Å². The van der Waals surface area contributed by atoms with E-state index >= 15 is 0 Å². The van der Waals surface area contributed by atoms with Crippen molar-refractivity contribution in [3.63, 3.8) is 0 Å². The number of rotatable bonds is 3. The van der Waals surface area contributed by atoms with Crippen molar-refractivity contribution in [2.75, 3.05) is 0 Å². The van der Waals surface area contributed by atoms with Gasteiger partial charge < -0.3 is 0 Å². The van der Waals surface area contributed by atoms with Gasteiger partial charge in [-0.15, -0.1) is 0 Å². The molecular formula is C10H17I. The Bertz CT molecular complexity index is 112. The molecule has 0 spiro atoms. The maximum atomic E-state index is 2.30. The molecule has 1 aliphatic carbocycles. The SMILES string of the molecule is IC=CCCC1CCCCC1. The fraction of sp³-hybridized carbons (Fsp3) is 0.800. The van der Waals surface area contributed by atoms with Gasteiger partial charge >= 0.3 is 0 Å². The highest BCUT2D eigenvalue weighted by molar-refractivity contribution is 14.1. The second-order valence-corrected chi connectivity index (χ2v) is 4.16. The second kappa shape index (κ2) is 6.04. The fourth-order valence-corrected chi connectivity index (χ4v) is 2.23. The molecule has 1 aliphatic rings. The van der Waals surface area contributed by atoms with Crippen molar-refractivity contribution in [2.24, 2.45) is 5.92 Å². The Kier molecular flexibility index (Phi) is 5.25. The average Bonchev–Trinajstić information content (AvgIpc) is 2.07. The molecule has 0 amide bonds. The first-order chi connectivity index (χ1) is 5.43. The molecule has 0 radical (unpaired) electrons. The standard InChI is InChI=1S/C10H17I/c11-9-5-4-8-10-6-2-1-3-7-10/h5,9-10H,1-4,6-8H2. The fourth-order valence-electron chi connectivity index (χ4n) is 1.87. The summed E-state index contributed by atoms with van der Waals surface area (Å²) in [6, 6.07) is 0. The Hall–Kier alpha value is 0.470. The highest BCUT2D eigenvalue weighted by Crippen LogP contribution is 2.27. The zero-order chi connectivity index (χ0) is 7.94. The molecule has 1 saturated carbocycles. The molecule has 0 unspecified atom stereocenters. The number of hydrogen-bond acceptors (Lipinski definition) is 0. The summed E-state index contributed by atoms with van der Waals surface area (Å²) >= 11 is 2.30. The topological polar surface area (TPSA) is 0 Å². The first kappa shape index (κ1) is 9.56. The highest BCUT2D eigenvalue weighted by atomic mass is 127. The van der Waals surface area contributed by atoms with Crippen LogP contribution in [0.2, 0.25) is 0 Å². The number of halogens is 1. The summed E-state index contributed by atoms with van der Waals surface area (Å²) in [5.41, 5.74) is 0. The zero-order valence-corrected chi connectivity index (χ0v) is 9.22. The van der Waals surface area contributed by atoms with E-state index < -0.39 is 0 Å². The monoisotopic (exact) mass is 264 g/mol. The van der Waals surface area contributed by atoms with Gasteiger partial charge in [-0.2, -0.15) is 0 Å². The predicted octanol–water partition coefficient (Wildman–Crippen LogP) is 4.30. The van der Waals surface area contributed by atoms with Crippen molar-refractivity contribution >= 4 is 22.6 Å². The van der Waals surface area contributed by atoms with Gasteiger partial charge in [0.05, 0.1) is 0 Å². The lowest BCUT2D eigenvalue weighted by Crippen LogP contribution is -2.05. The van der Waals surface area contributed by atoms with E-state index in [0.29, 0.717) is 0 Å². The van der Waals surface area contributed by atoms with E-state index in [-0.39, 0.29) is 0 Å². The molecule has 1 rings (SSSR count). The van der Waals surface area contributed by atoms with Crippen molar-refractivity contribution in [3.8, 4) is 0 Å². The van der Waals surface area contributed by atoms with Gasteiger partial charge in [-0.25, -0.2) is 0 Å². The molecule has 0 nitrogen and oxygen atoms in total. The van der Waals surface area contributed by atoms with Crippen LogP contribution < -0.4 is 0 Å². The maximum Gasteiger partial charge on any atom is -0.0274 e. The van der Waals surface area contributed by atoms with Crippen molar-refractivity contribution in [2.45, 2.75) is 44.9 Å². The molecule has 0 N–H and O–H groups in total. The Morgan fingerprint density at radius 3 is 2.55 bits per heavy atom. The summed E-state index contributed by atoms with van der Waals surface area (Å²) in [5, 5.41) is 0. The van der Waals surface area contributed by atoms with Gasteiger partial charge in [-0.3, -0.25) is 0 Å². The molecule has 0 saturated heterocycles. The third-order valence-electron chi connectivity index (χ3n) is 2.56. The Balaban J connectivity index is 2.04. The van der Waals surface area contributed by atoms with E-state index in [1.807, 2.05) is 0 Å². The van der Waals surface area contributed by atoms with Crippen LogP contribution >= 0.6 is 22.6 Å². The minimum atomic E-state index is 1.05. The smallest absolute Gasteiger partial charge is 0.0274 e. The van der Waals surface area contributed by atoms with Crippen LogP contribution in [0.1, 0.15) is 44.9 Å². The minimum absolute atomic E-state index is 1.05. The lowest BCUT2D eigenvalue weighted by molar-refractivity contribution is 0.341. The summed E-state index contributed by atoms with van der Waals surface area (Å²) in [5.74, 6) is 1.05. The molecule has 1 fully saturated rings. The molecule has 1 heteroatoms. The lowest BCUT2D eigenvalue weighted by atomic mass is 9.86. The first-order valence-electron chi connectivity index (χ1n) is 4.68. The molecular weight excluding hydrogens is 247 g/mol. The van der Waals surface area contributed by atoms with Crippen LogP contribution in [0, 0.1) is 5.92 Å². The Morgan fingerprint density at radius 2 is 1.91 bits per heavy atom. The van der Waals surface area contributed by atoms with Crippen molar-refractivity contribution in [3.05, 3.63) is 10.2 Å². The average molecular weight is 264 g/mol. The zero-order valence-electron chi connectivity index (χ0n) is 7.06. The van der Waals surface area contributed by atoms with Crippen LogP contribution in [-0.4, -0.2) is 0 Å². The van der Waals surface area contributed by atoms with Gasteiger partial charge in [0.2, 0.25) is 0 Å². The molecule has 0 heterocycles. The van der Waals surface area contributed by atoms with E-state index in [2.05, 4.69) is 32.7 Å². The van der Waals surface area contributed by atoms with Crippen LogP contribution in [0.25, 0.3) is 0 Å². The highest BCUT2D eigenvalue weighted by Gasteiger charge is 2.11. The Morgan fingerprint density at radius 1 is 1.18 bits per heavy atom. The summed E-state index contributed by atoms with van der Waals surface area (Å²) in [7, 11) is 0. The van der Waals surface area contributed by atoms with Gasteiger partial charge in [-0.05, 0) is 22.8 Å². The van der Waals surface area contributed by atoms with Gasteiger partial charge in [0.1, 0.15) is 0 Å². The van der Waals surface area contributed by atoms with E-state index in [4.69, 9.17) is 0 Å². The summed E-state index contributed by atoms with van der Waals surface area (Å²) in [6.45, 7) is 0. The summed E-state index contributed by atoms with van der Waals surface area (Å²) in [4.78, 5) is 0. The minimum Gasteiger partial charge on any atom is -0.0784 e. The molecule has 11 heavy (non-hydrogen) atoms. The Labute approximate surface area is 83.6 Å². The van der Waals surface area contributed by atoms with Crippen LogP contribution in [0.4, 0.5) is 0 Å². The third-order valence-corrected chi connectivity index (χ3v) is 3.06. The molecule has 0 aliphatic heterocycles. The first-order valence-corrected chi connectivity index (χ1v) is 5.93. The third kappa shape index (κ3) is 4.14. The summed E-state index contributed by atoms with van der Waals surface area (Å²) < 4.78 is 2.14. The molecule has 0 aromatic carbocycles. The van der Waals surface area contributed by atoms with E-state index in [1.54, 1.807) is 0 Å². The van der Waals surface area contributed by atoms with Crippen molar-refractivity contribution in [1.29, 1.82) is 0 Å². The molecule has 0 bridgehead atoms. The largest absolute Gasteiger partial charge is 0.0784 e. The summed E-state index contributed by atoms with van der Waals surface area (Å²) in [6.07, 6.45) is 12.5. The predicted molar refractivity (Wildman–Crippen MR) is 59.0 cm³/mol. The second-order valence-electron chi connectivity index (χ2n) is 3.44. The molecule has 0 aromatic rings. The van der Waals surface area contributed by atoms with Crippen LogP contribution in [0.15, 0.2) is 10.2 Å². The van der Waals surface area contributed by atoms with Gasteiger partial charge in [-0.1, -0.05) is 60.8 Å². The van der Waals surface area contributed by atoms with Gasteiger partial charge in [0.15, 0.2) is 0 Å². The molecule has 0 atom stereocenters. The van der Waals surface area contributed by atoms with Crippen LogP contribution in [0.5, 0.6) is 0 Å². The number of allylic oxidation sites excluding steroid dienone is 1. The van der Waals surface area contributed by atoms with Crippen LogP contribution in [0.3, 0.4) is 0 Å². The van der Waals surface area contributed by atoms with E-state index in [1.165, 1.54) is 44.9 Å². The van der Waals surface area contributed by atoms with Gasteiger partial charge in [0, 0.05) is 0 Å². The number of hydrogen-bond donors (Lipinski definition) is 0. The van der Waals surface area contributed by atoms with Crippen molar-refractivity contribution < 1.29 is 0 Å².